The van der Waals surface area contributed by atoms with Crippen LogP contribution in [-0.4, -0.2) is 54.0 Å². The van der Waals surface area contributed by atoms with Crippen molar-refractivity contribution in [1.82, 2.24) is 15.2 Å². The van der Waals surface area contributed by atoms with Gasteiger partial charge in [0.1, 0.15) is 11.5 Å². The lowest BCUT2D eigenvalue weighted by atomic mass is 9.89. The first-order valence-corrected chi connectivity index (χ1v) is 10.4. The number of hydrogen-bond acceptors (Lipinski definition) is 4. The van der Waals surface area contributed by atoms with Crippen LogP contribution in [0.25, 0.3) is 11.1 Å². The molecule has 1 N–H and O–H groups in total. The van der Waals surface area contributed by atoms with Crippen LogP contribution in [0.3, 0.4) is 0 Å². The molecule has 1 atom stereocenters. The molecule has 7 heteroatoms. The molecule has 6 nitrogen and oxygen atoms in total. The third-order valence-electron chi connectivity index (χ3n) is 5.57. The van der Waals surface area contributed by atoms with Crippen LogP contribution in [0.5, 0.6) is 0 Å². The van der Waals surface area contributed by atoms with Crippen LogP contribution in [0.1, 0.15) is 16.1 Å². The first kappa shape index (κ1) is 21.6. The highest BCUT2D eigenvalue weighted by molar-refractivity contribution is 5.93. The van der Waals surface area contributed by atoms with E-state index >= 15 is 0 Å². The Kier molecular flexibility index (Phi) is 6.28. The summed E-state index contributed by atoms with van der Waals surface area (Å²) in [6, 6.07) is 19.1. The standard InChI is InChI=1S/C25H24FN3O3/c1-27-24(31)25(17-29(12-13-32-25)23(30)22-10-2-3-11-28-22)16-18-6-4-7-19(14-18)20-8-5-9-21(26)15-20/h2-11,14-15H,12-13,16-17H2,1H3,(H,27,31)/t25-/m0/s1. The summed E-state index contributed by atoms with van der Waals surface area (Å²) in [7, 11) is 1.55. The number of aromatic nitrogens is 1. The van der Waals surface area contributed by atoms with Gasteiger partial charge in [-0.25, -0.2) is 4.39 Å². The van der Waals surface area contributed by atoms with Crippen molar-refractivity contribution in [1.29, 1.82) is 0 Å². The van der Waals surface area contributed by atoms with Crippen molar-refractivity contribution in [2.45, 2.75) is 12.0 Å². The number of benzene rings is 2. The fourth-order valence-electron chi connectivity index (χ4n) is 4.02. The zero-order valence-electron chi connectivity index (χ0n) is 17.8. The van der Waals surface area contributed by atoms with Gasteiger partial charge in [-0.1, -0.05) is 42.5 Å². The summed E-state index contributed by atoms with van der Waals surface area (Å²) in [5.74, 6) is -0.850. The van der Waals surface area contributed by atoms with E-state index in [1.54, 1.807) is 42.4 Å². The van der Waals surface area contributed by atoms with Gasteiger partial charge in [0, 0.05) is 26.2 Å². The van der Waals surface area contributed by atoms with E-state index < -0.39 is 5.60 Å². The quantitative estimate of drug-likeness (QED) is 0.671. The lowest BCUT2D eigenvalue weighted by Gasteiger charge is -2.41. The lowest BCUT2D eigenvalue weighted by molar-refractivity contribution is -0.156. The van der Waals surface area contributed by atoms with Crippen LogP contribution in [0.15, 0.2) is 72.9 Å². The number of ether oxygens (including phenoxy) is 1. The van der Waals surface area contributed by atoms with E-state index in [1.807, 2.05) is 30.3 Å². The van der Waals surface area contributed by atoms with Gasteiger partial charge in [-0.2, -0.15) is 0 Å². The number of amides is 2. The molecule has 0 unspecified atom stereocenters. The second-order valence-corrected chi connectivity index (χ2v) is 7.75. The Bertz CT molecular complexity index is 1120. The molecule has 0 radical (unpaired) electrons. The van der Waals surface area contributed by atoms with Gasteiger partial charge >= 0.3 is 0 Å². The van der Waals surface area contributed by atoms with Crippen LogP contribution in [0, 0.1) is 5.82 Å². The fourth-order valence-corrected chi connectivity index (χ4v) is 4.02. The number of halogens is 1. The third-order valence-corrected chi connectivity index (χ3v) is 5.57. The number of carbonyl (C=O) groups excluding carboxylic acids is 2. The van der Waals surface area contributed by atoms with Crippen molar-refractivity contribution in [3.05, 3.63) is 90.0 Å². The Morgan fingerprint density at radius 2 is 1.88 bits per heavy atom. The van der Waals surface area contributed by atoms with E-state index in [2.05, 4.69) is 10.3 Å². The molecule has 2 amide bonds. The summed E-state index contributed by atoms with van der Waals surface area (Å²) in [6.45, 7) is 0.708. The SMILES string of the molecule is CNC(=O)[C@]1(Cc2cccc(-c3cccc(F)c3)c2)CN(C(=O)c2ccccn2)CCO1. The van der Waals surface area contributed by atoms with Crippen molar-refractivity contribution >= 4 is 11.8 Å². The predicted molar refractivity (Wildman–Crippen MR) is 118 cm³/mol. The van der Waals surface area contributed by atoms with Gasteiger partial charge in [0.15, 0.2) is 5.60 Å². The topological polar surface area (TPSA) is 71.5 Å². The van der Waals surface area contributed by atoms with Gasteiger partial charge in [0.25, 0.3) is 11.8 Å². The smallest absolute Gasteiger partial charge is 0.272 e. The average Bonchev–Trinajstić information content (AvgIpc) is 2.84. The molecule has 1 aromatic heterocycles. The van der Waals surface area contributed by atoms with E-state index in [-0.39, 0.29) is 37.2 Å². The van der Waals surface area contributed by atoms with Gasteiger partial charge < -0.3 is 15.0 Å². The van der Waals surface area contributed by atoms with E-state index in [0.29, 0.717) is 12.2 Å². The number of rotatable bonds is 5. The van der Waals surface area contributed by atoms with Gasteiger partial charge in [-0.05, 0) is 41.0 Å². The molecule has 0 bridgehead atoms. The molecule has 1 aliphatic rings. The van der Waals surface area contributed by atoms with E-state index in [4.69, 9.17) is 4.74 Å². The van der Waals surface area contributed by atoms with Gasteiger partial charge in [-0.15, -0.1) is 0 Å². The number of pyridine rings is 1. The zero-order valence-corrected chi connectivity index (χ0v) is 17.8. The summed E-state index contributed by atoms with van der Waals surface area (Å²) in [5.41, 5.74) is 1.53. The first-order valence-electron chi connectivity index (χ1n) is 10.4. The number of likely N-dealkylation sites (N-methyl/N-ethyl adjacent to an activating group) is 1. The lowest BCUT2D eigenvalue weighted by Crippen LogP contribution is -2.61. The van der Waals surface area contributed by atoms with Gasteiger partial charge in [0.05, 0.1) is 13.2 Å². The summed E-state index contributed by atoms with van der Waals surface area (Å²) < 4.78 is 19.7. The molecule has 0 spiro atoms. The van der Waals surface area contributed by atoms with E-state index in [0.717, 1.165) is 16.7 Å². The first-order chi connectivity index (χ1) is 15.5. The maximum Gasteiger partial charge on any atom is 0.272 e. The molecule has 1 aliphatic heterocycles. The summed E-state index contributed by atoms with van der Waals surface area (Å²) in [5, 5.41) is 2.68. The number of nitrogens with one attached hydrogen (secondary N) is 1. The maximum absolute atomic E-state index is 13.7. The predicted octanol–water partition coefficient (Wildman–Crippen LogP) is 3.09. The minimum atomic E-state index is -1.24. The molecule has 4 rings (SSSR count). The number of carbonyl (C=O) groups is 2. The van der Waals surface area contributed by atoms with E-state index in [1.165, 1.54) is 12.1 Å². The second-order valence-electron chi connectivity index (χ2n) is 7.75. The van der Waals surface area contributed by atoms with Crippen molar-refractivity contribution in [2.24, 2.45) is 0 Å². The van der Waals surface area contributed by atoms with Crippen LogP contribution in [-0.2, 0) is 16.0 Å². The monoisotopic (exact) mass is 433 g/mol. The number of nitrogens with zero attached hydrogens (tertiary/aromatic N) is 2. The van der Waals surface area contributed by atoms with E-state index in [9.17, 15) is 14.0 Å². The Labute approximate surface area is 186 Å². The van der Waals surface area contributed by atoms with Gasteiger partial charge in [-0.3, -0.25) is 14.6 Å². The minimum absolute atomic E-state index is 0.103. The summed E-state index contributed by atoms with van der Waals surface area (Å²) in [6.07, 6.45) is 1.83. The highest BCUT2D eigenvalue weighted by Crippen LogP contribution is 2.28. The molecule has 2 heterocycles. The Balaban J connectivity index is 1.62. The summed E-state index contributed by atoms with van der Waals surface area (Å²) in [4.78, 5) is 31.7. The molecule has 0 aliphatic carbocycles. The van der Waals surface area contributed by atoms with Crippen molar-refractivity contribution in [3.8, 4) is 11.1 Å². The highest BCUT2D eigenvalue weighted by Gasteiger charge is 2.45. The van der Waals surface area contributed by atoms with Crippen molar-refractivity contribution in [2.75, 3.05) is 26.7 Å². The van der Waals surface area contributed by atoms with Crippen molar-refractivity contribution in [3.63, 3.8) is 0 Å². The maximum atomic E-state index is 13.7. The molecule has 164 valence electrons. The highest BCUT2D eigenvalue weighted by atomic mass is 19.1. The zero-order chi connectivity index (χ0) is 22.6. The van der Waals surface area contributed by atoms with Crippen LogP contribution >= 0.6 is 0 Å². The van der Waals surface area contributed by atoms with Crippen LogP contribution in [0.4, 0.5) is 4.39 Å². The third kappa shape index (κ3) is 4.53. The van der Waals surface area contributed by atoms with Crippen LogP contribution in [0.2, 0.25) is 0 Å². The Morgan fingerprint density at radius 1 is 1.09 bits per heavy atom. The molecule has 3 aromatic rings. The van der Waals surface area contributed by atoms with Crippen molar-refractivity contribution < 1.29 is 18.7 Å². The average molecular weight is 433 g/mol. The van der Waals surface area contributed by atoms with Gasteiger partial charge in [0.2, 0.25) is 0 Å². The summed E-state index contributed by atoms with van der Waals surface area (Å²) >= 11 is 0. The molecule has 2 aromatic carbocycles. The molecular formula is C25H24FN3O3. The molecular weight excluding hydrogens is 409 g/mol. The Hall–Kier alpha value is -3.58. The Morgan fingerprint density at radius 3 is 2.59 bits per heavy atom. The number of hydrogen-bond donors (Lipinski definition) is 1. The van der Waals surface area contributed by atoms with Crippen LogP contribution < -0.4 is 5.32 Å². The normalized spacial score (nSPS) is 18.2. The molecule has 0 saturated carbocycles. The largest absolute Gasteiger partial charge is 0.361 e. The minimum Gasteiger partial charge on any atom is -0.361 e. The molecule has 32 heavy (non-hydrogen) atoms. The molecule has 1 fully saturated rings. The molecule has 1 saturated heterocycles. The fraction of sp³-hybridized carbons (Fsp3) is 0.240. The number of morpholine rings is 1. The second kappa shape index (κ2) is 9.28.